The second-order valence-corrected chi connectivity index (χ2v) is 3.72. The summed E-state index contributed by atoms with van der Waals surface area (Å²) in [6.45, 7) is 0.316. The van der Waals surface area contributed by atoms with Gasteiger partial charge < -0.3 is 9.84 Å². The number of rotatable bonds is 3. The molecule has 0 atom stereocenters. The summed E-state index contributed by atoms with van der Waals surface area (Å²) in [4.78, 5) is 0. The van der Waals surface area contributed by atoms with E-state index in [1.165, 1.54) is 6.07 Å². The molecule has 0 saturated heterocycles. The van der Waals surface area contributed by atoms with E-state index in [9.17, 15) is 8.78 Å². The molecule has 0 spiro atoms. The highest BCUT2D eigenvalue weighted by Crippen LogP contribution is 2.27. The number of benzene rings is 1. The zero-order valence-corrected chi connectivity index (χ0v) is 9.01. The van der Waals surface area contributed by atoms with E-state index < -0.39 is 12.7 Å². The highest BCUT2D eigenvalue weighted by Gasteiger charge is 2.30. The molecule has 5 heteroatoms. The Morgan fingerprint density at radius 2 is 2.14 bits per heavy atom. The average Bonchev–Trinajstić information content (AvgIpc) is 2.10. The predicted molar refractivity (Wildman–Crippen MR) is 51.5 cm³/mol. The van der Waals surface area contributed by atoms with Crippen molar-refractivity contribution < 1.29 is 18.6 Å². The summed E-state index contributed by atoms with van der Waals surface area (Å²) >= 11 is 3.20. The fourth-order valence-electron chi connectivity index (χ4n) is 0.920. The molecule has 1 aromatic rings. The van der Waals surface area contributed by atoms with Crippen LogP contribution in [0.3, 0.4) is 0 Å². The van der Waals surface area contributed by atoms with Crippen molar-refractivity contribution in [3.63, 3.8) is 0 Å². The quantitative estimate of drug-likeness (QED) is 0.912. The summed E-state index contributed by atoms with van der Waals surface area (Å²) in [6.07, 6.45) is -3.53. The van der Waals surface area contributed by atoms with Crippen LogP contribution in [-0.2, 0) is 0 Å². The molecule has 14 heavy (non-hydrogen) atoms. The third-order valence-electron chi connectivity index (χ3n) is 1.58. The number of aliphatic hydroxyl groups excluding tert-OH is 1. The standard InChI is InChI=1S/C9H9BrF2O2/c1-6-4-7(10)2-3-8(6)14-9(11,12)5-13/h2-4,13H,5H2,1H3. The Hall–Kier alpha value is -0.680. The lowest BCUT2D eigenvalue weighted by atomic mass is 10.2. The number of alkyl halides is 2. The lowest BCUT2D eigenvalue weighted by Gasteiger charge is -2.16. The van der Waals surface area contributed by atoms with E-state index in [-0.39, 0.29) is 5.75 Å². The molecule has 0 aliphatic rings. The van der Waals surface area contributed by atoms with Crippen LogP contribution in [0, 0.1) is 6.92 Å². The minimum Gasteiger partial charge on any atom is -0.431 e. The van der Waals surface area contributed by atoms with Crippen LogP contribution in [0.5, 0.6) is 5.75 Å². The van der Waals surface area contributed by atoms with Crippen LogP contribution in [0.1, 0.15) is 5.56 Å². The Bertz CT molecular complexity index is 329. The van der Waals surface area contributed by atoms with Crippen molar-refractivity contribution in [2.45, 2.75) is 13.0 Å². The molecule has 0 aromatic heterocycles. The Balaban J connectivity index is 2.87. The molecular formula is C9H9BrF2O2. The summed E-state index contributed by atoms with van der Waals surface area (Å²) in [7, 11) is 0. The maximum Gasteiger partial charge on any atom is 0.421 e. The lowest BCUT2D eigenvalue weighted by Crippen LogP contribution is -2.29. The van der Waals surface area contributed by atoms with Crippen molar-refractivity contribution in [1.29, 1.82) is 0 Å². The van der Waals surface area contributed by atoms with Crippen LogP contribution in [0.15, 0.2) is 22.7 Å². The second-order valence-electron chi connectivity index (χ2n) is 2.81. The van der Waals surface area contributed by atoms with Gasteiger partial charge in [0, 0.05) is 4.47 Å². The van der Waals surface area contributed by atoms with Gasteiger partial charge in [0.05, 0.1) is 0 Å². The zero-order valence-electron chi connectivity index (χ0n) is 7.43. The molecule has 1 aromatic carbocycles. The molecule has 0 aliphatic heterocycles. The first-order valence-electron chi connectivity index (χ1n) is 3.88. The third kappa shape index (κ3) is 2.92. The largest absolute Gasteiger partial charge is 0.431 e. The first kappa shape index (κ1) is 11.4. The number of hydrogen-bond acceptors (Lipinski definition) is 2. The topological polar surface area (TPSA) is 29.5 Å². The minimum absolute atomic E-state index is 0.0623. The molecule has 78 valence electrons. The molecule has 0 amide bonds. The monoisotopic (exact) mass is 266 g/mol. The van der Waals surface area contributed by atoms with E-state index in [1.54, 1.807) is 19.1 Å². The molecule has 0 radical (unpaired) electrons. The second kappa shape index (κ2) is 4.23. The van der Waals surface area contributed by atoms with Crippen molar-refractivity contribution in [2.75, 3.05) is 6.61 Å². The molecule has 0 heterocycles. The fourth-order valence-corrected chi connectivity index (χ4v) is 1.40. The normalized spacial score (nSPS) is 11.5. The van der Waals surface area contributed by atoms with Crippen LogP contribution in [0.25, 0.3) is 0 Å². The molecule has 0 saturated carbocycles. The summed E-state index contributed by atoms with van der Waals surface area (Å²) in [6, 6.07) is 4.67. The minimum atomic E-state index is -3.53. The van der Waals surface area contributed by atoms with Crippen LogP contribution < -0.4 is 4.74 Å². The van der Waals surface area contributed by atoms with Gasteiger partial charge in [-0.1, -0.05) is 15.9 Å². The van der Waals surface area contributed by atoms with Crippen molar-refractivity contribution >= 4 is 15.9 Å². The molecule has 0 aliphatic carbocycles. The molecule has 1 rings (SSSR count). The van der Waals surface area contributed by atoms with Crippen LogP contribution >= 0.6 is 15.9 Å². The van der Waals surface area contributed by atoms with Gasteiger partial charge in [-0.2, -0.15) is 8.78 Å². The fraction of sp³-hybridized carbons (Fsp3) is 0.333. The van der Waals surface area contributed by atoms with Gasteiger partial charge >= 0.3 is 6.11 Å². The summed E-state index contributed by atoms with van der Waals surface area (Å²) in [5.74, 6) is 0.0623. The molecule has 0 bridgehead atoms. The SMILES string of the molecule is Cc1cc(Br)ccc1OC(F)(F)CO. The summed E-state index contributed by atoms with van der Waals surface area (Å²) in [5.41, 5.74) is 0.576. The number of hydrogen-bond donors (Lipinski definition) is 1. The molecule has 2 nitrogen and oxygen atoms in total. The maximum atomic E-state index is 12.6. The Kier molecular flexibility index (Phi) is 3.44. The Morgan fingerprint density at radius 1 is 1.50 bits per heavy atom. The number of aliphatic hydroxyl groups is 1. The van der Waals surface area contributed by atoms with Gasteiger partial charge in [0.2, 0.25) is 0 Å². The molecule has 0 fully saturated rings. The highest BCUT2D eigenvalue weighted by molar-refractivity contribution is 9.10. The van der Waals surface area contributed by atoms with E-state index in [0.29, 0.717) is 5.56 Å². The summed E-state index contributed by atoms with van der Waals surface area (Å²) in [5, 5.41) is 8.32. The Morgan fingerprint density at radius 3 is 2.64 bits per heavy atom. The van der Waals surface area contributed by atoms with Gasteiger partial charge in [-0.05, 0) is 30.7 Å². The van der Waals surface area contributed by atoms with Crippen molar-refractivity contribution in [1.82, 2.24) is 0 Å². The summed E-state index contributed by atoms with van der Waals surface area (Å²) < 4.78 is 30.4. The highest BCUT2D eigenvalue weighted by atomic mass is 79.9. The number of ether oxygens (including phenoxy) is 1. The van der Waals surface area contributed by atoms with E-state index in [1.807, 2.05) is 0 Å². The van der Waals surface area contributed by atoms with E-state index in [2.05, 4.69) is 20.7 Å². The predicted octanol–water partition coefficient (Wildman–Crippen LogP) is 2.72. The van der Waals surface area contributed by atoms with Gasteiger partial charge in [0.15, 0.2) is 0 Å². The van der Waals surface area contributed by atoms with E-state index in [0.717, 1.165) is 4.47 Å². The first-order valence-corrected chi connectivity index (χ1v) is 4.68. The van der Waals surface area contributed by atoms with Gasteiger partial charge in [0.1, 0.15) is 12.4 Å². The van der Waals surface area contributed by atoms with Crippen LogP contribution in [0.4, 0.5) is 8.78 Å². The van der Waals surface area contributed by atoms with Crippen LogP contribution in [0.2, 0.25) is 0 Å². The Labute approximate surface area is 88.6 Å². The number of aryl methyl sites for hydroxylation is 1. The van der Waals surface area contributed by atoms with Crippen molar-refractivity contribution in [3.05, 3.63) is 28.2 Å². The smallest absolute Gasteiger partial charge is 0.421 e. The average molecular weight is 267 g/mol. The molecule has 1 N–H and O–H groups in total. The maximum absolute atomic E-state index is 12.6. The third-order valence-corrected chi connectivity index (χ3v) is 2.07. The van der Waals surface area contributed by atoms with Gasteiger partial charge in [-0.3, -0.25) is 0 Å². The van der Waals surface area contributed by atoms with Crippen molar-refractivity contribution in [2.24, 2.45) is 0 Å². The van der Waals surface area contributed by atoms with Crippen molar-refractivity contribution in [3.8, 4) is 5.75 Å². The molecule has 0 unspecified atom stereocenters. The first-order chi connectivity index (χ1) is 6.44. The zero-order chi connectivity index (χ0) is 10.8. The molecular weight excluding hydrogens is 258 g/mol. The number of halogens is 3. The lowest BCUT2D eigenvalue weighted by molar-refractivity contribution is -0.201. The van der Waals surface area contributed by atoms with Crippen LogP contribution in [-0.4, -0.2) is 17.8 Å². The van der Waals surface area contributed by atoms with Gasteiger partial charge in [0.25, 0.3) is 0 Å². The van der Waals surface area contributed by atoms with E-state index >= 15 is 0 Å². The van der Waals surface area contributed by atoms with Gasteiger partial charge in [-0.25, -0.2) is 0 Å². The van der Waals surface area contributed by atoms with E-state index in [4.69, 9.17) is 5.11 Å². The van der Waals surface area contributed by atoms with Gasteiger partial charge in [-0.15, -0.1) is 0 Å².